The normalized spacial score (nSPS) is 10.8. The van der Waals surface area contributed by atoms with E-state index in [0.717, 1.165) is 6.42 Å². The molecule has 12 heavy (non-hydrogen) atoms. The minimum atomic E-state index is 0.694. The van der Waals surface area contributed by atoms with Crippen LogP contribution in [0.5, 0.6) is 0 Å². The monoisotopic (exact) mass is 163 g/mol. The Kier molecular flexibility index (Phi) is 2.85. The second-order valence-corrected chi connectivity index (χ2v) is 3.86. The largest absolute Gasteiger partial charge is 0.261 e. The second-order valence-electron chi connectivity index (χ2n) is 3.86. The van der Waals surface area contributed by atoms with Gasteiger partial charge >= 0.3 is 0 Å². The van der Waals surface area contributed by atoms with E-state index in [0.29, 0.717) is 5.92 Å². The Balaban J connectivity index is 2.82. The van der Waals surface area contributed by atoms with E-state index in [9.17, 15) is 0 Å². The van der Waals surface area contributed by atoms with Crippen molar-refractivity contribution in [3.63, 3.8) is 0 Å². The summed E-state index contributed by atoms with van der Waals surface area (Å²) in [6.07, 6.45) is 3.05. The van der Waals surface area contributed by atoms with Crippen LogP contribution in [0.3, 0.4) is 0 Å². The second kappa shape index (κ2) is 3.70. The predicted octanol–water partition coefficient (Wildman–Crippen LogP) is 2.90. The number of hydrogen-bond acceptors (Lipinski definition) is 1. The number of hydrogen-bond donors (Lipinski definition) is 0. The minimum Gasteiger partial charge on any atom is -0.261 e. The molecule has 0 N–H and O–H groups in total. The molecule has 0 aliphatic carbocycles. The number of nitrogens with zero attached hydrogens (tertiary/aromatic N) is 1. The molecule has 66 valence electrons. The Labute approximate surface area is 74.8 Å². The SMILES string of the molecule is Cc1cnc(CC(C)C)cc1C. The summed E-state index contributed by atoms with van der Waals surface area (Å²) in [5.41, 5.74) is 3.84. The van der Waals surface area contributed by atoms with Gasteiger partial charge in [-0.1, -0.05) is 13.8 Å². The van der Waals surface area contributed by atoms with Crippen LogP contribution in [-0.4, -0.2) is 4.98 Å². The molecular formula is C11H17N. The molecule has 1 aromatic rings. The lowest BCUT2D eigenvalue weighted by atomic mass is 10.1. The van der Waals surface area contributed by atoms with Crippen LogP contribution < -0.4 is 0 Å². The zero-order valence-electron chi connectivity index (χ0n) is 8.39. The molecule has 0 spiro atoms. The first-order chi connectivity index (χ1) is 5.59. The van der Waals surface area contributed by atoms with E-state index in [2.05, 4.69) is 38.7 Å². The van der Waals surface area contributed by atoms with E-state index < -0.39 is 0 Å². The van der Waals surface area contributed by atoms with Crippen LogP contribution in [0.4, 0.5) is 0 Å². The van der Waals surface area contributed by atoms with Crippen LogP contribution in [0, 0.1) is 19.8 Å². The molecule has 0 saturated carbocycles. The van der Waals surface area contributed by atoms with Crippen LogP contribution in [0.1, 0.15) is 30.7 Å². The zero-order chi connectivity index (χ0) is 9.14. The highest BCUT2D eigenvalue weighted by Gasteiger charge is 2.00. The molecule has 0 bridgehead atoms. The molecule has 1 heterocycles. The summed E-state index contributed by atoms with van der Waals surface area (Å²) in [6.45, 7) is 8.68. The van der Waals surface area contributed by atoms with Crippen molar-refractivity contribution in [1.29, 1.82) is 0 Å². The Hall–Kier alpha value is -0.850. The molecule has 0 aliphatic rings. The van der Waals surface area contributed by atoms with Crippen LogP contribution in [0.25, 0.3) is 0 Å². The van der Waals surface area contributed by atoms with Crippen LogP contribution >= 0.6 is 0 Å². The molecule has 1 aromatic heterocycles. The lowest BCUT2D eigenvalue weighted by molar-refractivity contribution is 0.634. The quantitative estimate of drug-likeness (QED) is 0.653. The van der Waals surface area contributed by atoms with Gasteiger partial charge in [0.2, 0.25) is 0 Å². The Morgan fingerprint density at radius 2 is 1.92 bits per heavy atom. The van der Waals surface area contributed by atoms with E-state index in [1.54, 1.807) is 0 Å². The lowest BCUT2D eigenvalue weighted by Gasteiger charge is -2.06. The summed E-state index contributed by atoms with van der Waals surface area (Å²) >= 11 is 0. The van der Waals surface area contributed by atoms with Crippen molar-refractivity contribution in [3.8, 4) is 0 Å². The predicted molar refractivity (Wildman–Crippen MR) is 52.3 cm³/mol. The maximum absolute atomic E-state index is 4.38. The molecule has 0 aromatic carbocycles. The first-order valence-electron chi connectivity index (χ1n) is 4.51. The zero-order valence-corrected chi connectivity index (χ0v) is 8.39. The fourth-order valence-corrected chi connectivity index (χ4v) is 1.21. The van der Waals surface area contributed by atoms with E-state index in [1.165, 1.54) is 16.8 Å². The van der Waals surface area contributed by atoms with Crippen molar-refractivity contribution in [2.24, 2.45) is 5.92 Å². The Morgan fingerprint density at radius 3 is 2.42 bits per heavy atom. The van der Waals surface area contributed by atoms with Gasteiger partial charge in [0.05, 0.1) is 0 Å². The summed E-state index contributed by atoms with van der Waals surface area (Å²) in [4.78, 5) is 4.38. The third-order valence-electron chi connectivity index (χ3n) is 2.05. The molecule has 1 nitrogen and oxygen atoms in total. The van der Waals surface area contributed by atoms with Crippen LogP contribution in [0.2, 0.25) is 0 Å². The highest BCUT2D eigenvalue weighted by atomic mass is 14.7. The van der Waals surface area contributed by atoms with Gasteiger partial charge in [-0.05, 0) is 43.4 Å². The van der Waals surface area contributed by atoms with Gasteiger partial charge in [0, 0.05) is 11.9 Å². The number of rotatable bonds is 2. The number of aryl methyl sites for hydroxylation is 2. The first kappa shape index (κ1) is 9.24. The van der Waals surface area contributed by atoms with Crippen molar-refractivity contribution in [2.45, 2.75) is 34.1 Å². The number of aromatic nitrogens is 1. The average Bonchev–Trinajstić information content (AvgIpc) is 1.96. The summed E-state index contributed by atoms with van der Waals surface area (Å²) in [5.74, 6) is 0.694. The van der Waals surface area contributed by atoms with Crippen molar-refractivity contribution in [3.05, 3.63) is 29.1 Å². The van der Waals surface area contributed by atoms with Crippen LogP contribution in [0.15, 0.2) is 12.3 Å². The third-order valence-corrected chi connectivity index (χ3v) is 2.05. The fourth-order valence-electron chi connectivity index (χ4n) is 1.21. The Bertz CT molecular complexity index is 264. The van der Waals surface area contributed by atoms with Crippen LogP contribution in [-0.2, 0) is 6.42 Å². The molecule has 1 heteroatoms. The summed E-state index contributed by atoms with van der Waals surface area (Å²) in [6, 6.07) is 2.19. The van der Waals surface area contributed by atoms with E-state index in [1.807, 2.05) is 6.20 Å². The molecule has 0 fully saturated rings. The van der Waals surface area contributed by atoms with Crippen molar-refractivity contribution in [1.82, 2.24) is 4.98 Å². The molecule has 0 unspecified atom stereocenters. The first-order valence-corrected chi connectivity index (χ1v) is 4.51. The average molecular weight is 163 g/mol. The lowest BCUT2D eigenvalue weighted by Crippen LogP contribution is -1.98. The minimum absolute atomic E-state index is 0.694. The molecule has 0 aliphatic heterocycles. The maximum Gasteiger partial charge on any atom is 0.0409 e. The maximum atomic E-state index is 4.38. The standard InChI is InChI=1S/C11H17N/c1-8(2)5-11-6-9(3)10(4)7-12-11/h6-8H,5H2,1-4H3. The number of pyridine rings is 1. The molecule has 0 atom stereocenters. The van der Waals surface area contributed by atoms with E-state index >= 15 is 0 Å². The summed E-state index contributed by atoms with van der Waals surface area (Å²) in [7, 11) is 0. The van der Waals surface area contributed by atoms with Gasteiger partial charge in [0.1, 0.15) is 0 Å². The smallest absolute Gasteiger partial charge is 0.0409 e. The Morgan fingerprint density at radius 1 is 1.25 bits per heavy atom. The molecule has 0 radical (unpaired) electrons. The summed E-state index contributed by atoms with van der Waals surface area (Å²) in [5, 5.41) is 0. The van der Waals surface area contributed by atoms with Gasteiger partial charge in [-0.3, -0.25) is 4.98 Å². The highest BCUT2D eigenvalue weighted by molar-refractivity contribution is 5.23. The molecule has 0 saturated heterocycles. The van der Waals surface area contributed by atoms with Gasteiger partial charge in [0.25, 0.3) is 0 Å². The van der Waals surface area contributed by atoms with Gasteiger partial charge in [-0.25, -0.2) is 0 Å². The third kappa shape index (κ3) is 2.33. The summed E-state index contributed by atoms with van der Waals surface area (Å²) < 4.78 is 0. The van der Waals surface area contributed by atoms with Crippen molar-refractivity contribution in [2.75, 3.05) is 0 Å². The van der Waals surface area contributed by atoms with Crippen molar-refractivity contribution >= 4 is 0 Å². The van der Waals surface area contributed by atoms with Gasteiger partial charge in [0.15, 0.2) is 0 Å². The highest BCUT2D eigenvalue weighted by Crippen LogP contribution is 2.10. The van der Waals surface area contributed by atoms with Gasteiger partial charge < -0.3 is 0 Å². The fraction of sp³-hybridized carbons (Fsp3) is 0.545. The van der Waals surface area contributed by atoms with Crippen molar-refractivity contribution < 1.29 is 0 Å². The van der Waals surface area contributed by atoms with E-state index in [-0.39, 0.29) is 0 Å². The van der Waals surface area contributed by atoms with Gasteiger partial charge in [-0.15, -0.1) is 0 Å². The van der Waals surface area contributed by atoms with Gasteiger partial charge in [-0.2, -0.15) is 0 Å². The topological polar surface area (TPSA) is 12.9 Å². The van der Waals surface area contributed by atoms with E-state index in [4.69, 9.17) is 0 Å². The molecule has 1 rings (SSSR count). The molecular weight excluding hydrogens is 146 g/mol. The molecule has 0 amide bonds.